The van der Waals surface area contributed by atoms with Crippen LogP contribution in [0.3, 0.4) is 0 Å². The number of likely N-dealkylation sites (N-methyl/N-ethyl adjacent to an activating group) is 1. The number of ketones is 1. The van der Waals surface area contributed by atoms with Crippen LogP contribution in [0.25, 0.3) is 0 Å². The van der Waals surface area contributed by atoms with Crippen molar-refractivity contribution in [3.63, 3.8) is 0 Å². The van der Waals surface area contributed by atoms with Crippen LogP contribution in [-0.2, 0) is 24.0 Å². The molecule has 6 N–H and O–H groups in total. The van der Waals surface area contributed by atoms with Crippen LogP contribution < -0.4 is 26.6 Å². The van der Waals surface area contributed by atoms with Crippen LogP contribution in [0.2, 0.25) is 0 Å². The van der Waals surface area contributed by atoms with Gasteiger partial charge in [0.05, 0.1) is 32.8 Å². The van der Waals surface area contributed by atoms with E-state index in [1.807, 2.05) is 27.7 Å². The topological polar surface area (TPSA) is 166 Å². The molecule has 11 nitrogen and oxygen atoms in total. The molecule has 0 fully saturated rings. The number of hydrogen-bond acceptors (Lipinski definition) is 7. The second-order valence-corrected chi connectivity index (χ2v) is 4.77. The summed E-state index contributed by atoms with van der Waals surface area (Å²) in [6.07, 6.45) is 0. The van der Waals surface area contributed by atoms with E-state index >= 15 is 0 Å². The zero-order chi connectivity index (χ0) is 22.5. The summed E-state index contributed by atoms with van der Waals surface area (Å²) in [6.45, 7) is 7.73. The lowest BCUT2D eigenvalue weighted by molar-refractivity contribution is -0.129. The molecular weight excluding hydrogens is 370 g/mol. The summed E-state index contributed by atoms with van der Waals surface area (Å²) in [5.74, 6) is -2.50. The summed E-state index contributed by atoms with van der Waals surface area (Å²) in [4.78, 5) is 56.3. The molecule has 0 aliphatic rings. The maximum absolute atomic E-state index is 11.5. The number of nitrogens with one attached hydrogen (secondary N) is 5. The average molecular weight is 405 g/mol. The predicted octanol–water partition coefficient (Wildman–Crippen LogP) is -2.33. The van der Waals surface area contributed by atoms with Crippen molar-refractivity contribution in [3.05, 3.63) is 0 Å². The molecule has 1 atom stereocenters. The Bertz CT molecular complexity index is 481. The fourth-order valence-corrected chi connectivity index (χ4v) is 1.36. The maximum Gasteiger partial charge on any atom is 0.239 e. The third-order valence-electron chi connectivity index (χ3n) is 2.70. The van der Waals surface area contributed by atoms with Gasteiger partial charge in [-0.25, -0.2) is 0 Å². The Morgan fingerprint density at radius 1 is 0.714 bits per heavy atom. The molecule has 0 saturated heterocycles. The first-order chi connectivity index (χ1) is 13.3. The van der Waals surface area contributed by atoms with Crippen LogP contribution in [0, 0.1) is 0 Å². The van der Waals surface area contributed by atoms with E-state index in [9.17, 15) is 24.0 Å². The minimum absolute atomic E-state index is 0.118. The highest BCUT2D eigenvalue weighted by Crippen LogP contribution is 1.80. The molecule has 4 amide bonds. The second kappa shape index (κ2) is 20.8. The van der Waals surface area contributed by atoms with Crippen molar-refractivity contribution in [1.82, 2.24) is 26.6 Å². The number of amides is 4. The third-order valence-corrected chi connectivity index (χ3v) is 2.70. The Morgan fingerprint density at radius 3 is 1.39 bits per heavy atom. The standard InChI is InChI=1S/C13H23N5O6.2C2H6/c1-8(20)3-15-10(21)4-16-11(22)5-17-12(23)6-18-13(24)9(7-19)14-2;2*1-2/h9,14,19H,3-7H2,1-2H3,(H,15,21)(H,16,22)(H,17,23)(H,18,24);2*1-2H3. The van der Waals surface area contributed by atoms with Gasteiger partial charge >= 0.3 is 0 Å². The lowest BCUT2D eigenvalue weighted by atomic mass is 10.3. The summed E-state index contributed by atoms with van der Waals surface area (Å²) >= 11 is 0. The first-order valence-electron chi connectivity index (χ1n) is 9.15. The van der Waals surface area contributed by atoms with Gasteiger partial charge in [0.25, 0.3) is 0 Å². The van der Waals surface area contributed by atoms with Crippen LogP contribution >= 0.6 is 0 Å². The van der Waals surface area contributed by atoms with Crippen molar-refractivity contribution in [2.75, 3.05) is 39.8 Å². The van der Waals surface area contributed by atoms with E-state index in [0.29, 0.717) is 0 Å². The summed E-state index contributed by atoms with van der Waals surface area (Å²) < 4.78 is 0. The van der Waals surface area contributed by atoms with E-state index in [2.05, 4.69) is 26.6 Å². The number of carbonyl (C=O) groups is 5. The third kappa shape index (κ3) is 18.3. The lowest BCUT2D eigenvalue weighted by Gasteiger charge is -2.13. The Labute approximate surface area is 166 Å². The van der Waals surface area contributed by atoms with Crippen molar-refractivity contribution in [3.8, 4) is 0 Å². The molecule has 0 aliphatic heterocycles. The molecule has 0 bridgehead atoms. The van der Waals surface area contributed by atoms with Gasteiger partial charge in [-0.2, -0.15) is 0 Å². The number of aliphatic hydroxyl groups excluding tert-OH is 1. The zero-order valence-corrected chi connectivity index (χ0v) is 17.6. The molecule has 0 aromatic carbocycles. The monoisotopic (exact) mass is 405 g/mol. The summed E-state index contributed by atoms with van der Waals surface area (Å²) in [7, 11) is 1.48. The molecule has 0 saturated carbocycles. The average Bonchev–Trinajstić information content (AvgIpc) is 2.71. The molecule has 0 rings (SSSR count). The minimum atomic E-state index is -0.824. The SMILES string of the molecule is CC.CC.CNC(CO)C(=O)NCC(=O)NCC(=O)NCC(=O)NCC(C)=O. The first-order valence-corrected chi connectivity index (χ1v) is 9.15. The van der Waals surface area contributed by atoms with Crippen LogP contribution in [0.4, 0.5) is 0 Å². The number of hydrogen-bond donors (Lipinski definition) is 6. The van der Waals surface area contributed by atoms with Crippen molar-refractivity contribution in [2.45, 2.75) is 40.7 Å². The van der Waals surface area contributed by atoms with Gasteiger partial charge in [0.15, 0.2) is 0 Å². The fourth-order valence-electron chi connectivity index (χ4n) is 1.36. The Balaban J connectivity index is -0.00000146. The van der Waals surface area contributed by atoms with Gasteiger partial charge in [-0.3, -0.25) is 24.0 Å². The van der Waals surface area contributed by atoms with Crippen molar-refractivity contribution >= 4 is 29.4 Å². The Morgan fingerprint density at radius 2 is 1.07 bits per heavy atom. The number of rotatable bonds is 11. The van der Waals surface area contributed by atoms with E-state index in [0.717, 1.165) is 0 Å². The maximum atomic E-state index is 11.5. The molecule has 0 radical (unpaired) electrons. The van der Waals surface area contributed by atoms with Gasteiger partial charge in [-0.05, 0) is 14.0 Å². The van der Waals surface area contributed by atoms with E-state index in [1.165, 1.54) is 14.0 Å². The lowest BCUT2D eigenvalue weighted by Crippen LogP contribution is -2.49. The number of carbonyl (C=O) groups excluding carboxylic acids is 5. The molecule has 11 heteroatoms. The highest BCUT2D eigenvalue weighted by Gasteiger charge is 2.15. The summed E-state index contributed by atoms with van der Waals surface area (Å²) in [6, 6.07) is -0.824. The highest BCUT2D eigenvalue weighted by atomic mass is 16.3. The molecule has 0 aromatic heterocycles. The molecular formula is C17H35N5O6. The van der Waals surface area contributed by atoms with E-state index in [1.54, 1.807) is 0 Å². The van der Waals surface area contributed by atoms with Gasteiger partial charge in [-0.1, -0.05) is 27.7 Å². The van der Waals surface area contributed by atoms with Gasteiger partial charge in [-0.15, -0.1) is 0 Å². The predicted molar refractivity (Wildman–Crippen MR) is 105 cm³/mol. The van der Waals surface area contributed by atoms with Crippen molar-refractivity contribution in [2.24, 2.45) is 0 Å². The zero-order valence-electron chi connectivity index (χ0n) is 17.6. The van der Waals surface area contributed by atoms with Crippen LogP contribution in [0.5, 0.6) is 0 Å². The molecule has 0 heterocycles. The van der Waals surface area contributed by atoms with Crippen LogP contribution in [0.15, 0.2) is 0 Å². The van der Waals surface area contributed by atoms with Crippen molar-refractivity contribution in [1.29, 1.82) is 0 Å². The van der Waals surface area contributed by atoms with Crippen molar-refractivity contribution < 1.29 is 29.1 Å². The van der Waals surface area contributed by atoms with E-state index in [4.69, 9.17) is 5.11 Å². The molecule has 0 aliphatic carbocycles. The molecule has 28 heavy (non-hydrogen) atoms. The number of Topliss-reactive ketones (excluding diaryl/α,β-unsaturated/α-hetero) is 1. The van der Waals surface area contributed by atoms with Crippen LogP contribution in [0.1, 0.15) is 34.6 Å². The quantitative estimate of drug-likeness (QED) is 0.224. The van der Waals surface area contributed by atoms with Gasteiger partial charge in [0.1, 0.15) is 11.8 Å². The van der Waals surface area contributed by atoms with E-state index < -0.39 is 36.3 Å². The molecule has 0 aromatic rings. The van der Waals surface area contributed by atoms with Gasteiger partial charge < -0.3 is 31.7 Å². The highest BCUT2D eigenvalue weighted by molar-refractivity contribution is 5.91. The first kappa shape index (κ1) is 30.2. The van der Waals surface area contributed by atoms with Gasteiger partial charge in [0.2, 0.25) is 23.6 Å². The molecule has 1 unspecified atom stereocenters. The Kier molecular flexibility index (Phi) is 22.4. The fraction of sp³-hybridized carbons (Fsp3) is 0.706. The van der Waals surface area contributed by atoms with E-state index in [-0.39, 0.29) is 32.0 Å². The summed E-state index contributed by atoms with van der Waals surface area (Å²) in [5.41, 5.74) is 0. The second-order valence-electron chi connectivity index (χ2n) is 4.77. The number of aliphatic hydroxyl groups is 1. The Hall–Kier alpha value is -2.53. The smallest absolute Gasteiger partial charge is 0.239 e. The summed E-state index contributed by atoms with van der Waals surface area (Å²) in [5, 5.41) is 20.5. The largest absolute Gasteiger partial charge is 0.394 e. The van der Waals surface area contributed by atoms with Gasteiger partial charge in [0, 0.05) is 0 Å². The molecule has 0 spiro atoms. The van der Waals surface area contributed by atoms with Crippen LogP contribution in [-0.4, -0.2) is 80.4 Å². The molecule has 164 valence electrons. The normalized spacial score (nSPS) is 9.96. The minimum Gasteiger partial charge on any atom is -0.394 e.